The molecule has 0 aliphatic carbocycles. The third-order valence-corrected chi connectivity index (χ3v) is 5.26. The number of nitrogens with zero attached hydrogens (tertiary/aromatic N) is 3. The molecule has 2 N–H and O–H groups in total. The third kappa shape index (κ3) is 6.13. The number of ether oxygens (including phenoxy) is 2. The summed E-state index contributed by atoms with van der Waals surface area (Å²) < 4.78 is 36.3. The van der Waals surface area contributed by atoms with Crippen LogP contribution in [-0.4, -0.2) is 37.5 Å². The van der Waals surface area contributed by atoms with Gasteiger partial charge in [0.05, 0.1) is 25.3 Å². The number of methoxy groups -OCH3 is 1. The highest BCUT2D eigenvalue weighted by atomic mass is 32.2. The first kappa shape index (κ1) is 20.5. The van der Waals surface area contributed by atoms with Crippen LogP contribution >= 0.6 is 0 Å². The standard InChI is InChI=1S/C19H21N5O4S/c1-20-29(25,26)13-14-3-5-16(6-4-14)28-18-9-15(7-8-21-18)10-22-19-23-11-17(27-2)12-24-19/h3-9,11-12,20H,10,13H2,1-2H3,(H,22,23,24). The first-order valence-corrected chi connectivity index (χ1v) is 10.4. The van der Waals surface area contributed by atoms with E-state index in [0.717, 1.165) is 5.56 Å². The number of aromatic nitrogens is 3. The maximum absolute atomic E-state index is 11.6. The Balaban J connectivity index is 1.60. The molecule has 152 valence electrons. The van der Waals surface area contributed by atoms with Crippen LogP contribution in [0, 0.1) is 0 Å². The molecule has 10 heteroatoms. The minimum atomic E-state index is -3.31. The molecular weight excluding hydrogens is 394 g/mol. The van der Waals surface area contributed by atoms with Crippen molar-refractivity contribution in [3.63, 3.8) is 0 Å². The molecule has 0 bridgehead atoms. The highest BCUT2D eigenvalue weighted by Gasteiger charge is 2.09. The topological polar surface area (TPSA) is 115 Å². The molecule has 0 radical (unpaired) electrons. The van der Waals surface area contributed by atoms with Crippen molar-refractivity contribution in [1.82, 2.24) is 19.7 Å². The Bertz CT molecular complexity index is 1040. The van der Waals surface area contributed by atoms with Gasteiger partial charge in [-0.05, 0) is 36.4 Å². The average Bonchev–Trinajstić information content (AvgIpc) is 2.74. The van der Waals surface area contributed by atoms with Gasteiger partial charge in [0.25, 0.3) is 0 Å². The molecule has 0 unspecified atom stereocenters. The van der Waals surface area contributed by atoms with Gasteiger partial charge in [-0.2, -0.15) is 0 Å². The SMILES string of the molecule is CNS(=O)(=O)Cc1ccc(Oc2cc(CNc3ncc(OC)cn3)ccn2)cc1. The first-order valence-electron chi connectivity index (χ1n) is 8.70. The Morgan fingerprint density at radius 2 is 1.69 bits per heavy atom. The van der Waals surface area contributed by atoms with Gasteiger partial charge in [-0.1, -0.05) is 12.1 Å². The zero-order valence-corrected chi connectivity index (χ0v) is 16.8. The highest BCUT2D eigenvalue weighted by molar-refractivity contribution is 7.88. The maximum Gasteiger partial charge on any atom is 0.223 e. The van der Waals surface area contributed by atoms with Crippen molar-refractivity contribution >= 4 is 16.0 Å². The van der Waals surface area contributed by atoms with E-state index in [1.54, 1.807) is 56.0 Å². The van der Waals surface area contributed by atoms with Gasteiger partial charge >= 0.3 is 0 Å². The Kier molecular flexibility index (Phi) is 6.57. The van der Waals surface area contributed by atoms with Crippen molar-refractivity contribution in [2.45, 2.75) is 12.3 Å². The van der Waals surface area contributed by atoms with Crippen LogP contribution in [0.4, 0.5) is 5.95 Å². The van der Waals surface area contributed by atoms with Crippen LogP contribution in [0.5, 0.6) is 17.4 Å². The zero-order valence-electron chi connectivity index (χ0n) is 16.0. The summed E-state index contributed by atoms with van der Waals surface area (Å²) in [6, 6.07) is 10.5. The molecule has 3 rings (SSSR count). The number of rotatable bonds is 9. The summed E-state index contributed by atoms with van der Waals surface area (Å²) in [6.45, 7) is 0.492. The minimum absolute atomic E-state index is 0.0867. The van der Waals surface area contributed by atoms with Crippen LogP contribution in [0.15, 0.2) is 55.0 Å². The lowest BCUT2D eigenvalue weighted by atomic mass is 10.2. The molecule has 0 amide bonds. The van der Waals surface area contributed by atoms with Crippen molar-refractivity contribution in [1.29, 1.82) is 0 Å². The van der Waals surface area contributed by atoms with Crippen molar-refractivity contribution in [2.24, 2.45) is 0 Å². The normalized spacial score (nSPS) is 11.1. The van der Waals surface area contributed by atoms with Crippen molar-refractivity contribution < 1.29 is 17.9 Å². The number of hydrogen-bond donors (Lipinski definition) is 2. The molecule has 2 aromatic heterocycles. The Morgan fingerprint density at radius 1 is 0.966 bits per heavy atom. The van der Waals surface area contributed by atoms with Gasteiger partial charge < -0.3 is 14.8 Å². The van der Waals surface area contributed by atoms with Gasteiger partial charge in [-0.25, -0.2) is 28.1 Å². The fourth-order valence-corrected chi connectivity index (χ4v) is 3.15. The summed E-state index contributed by atoms with van der Waals surface area (Å²) in [5, 5.41) is 3.11. The summed E-state index contributed by atoms with van der Waals surface area (Å²) in [4.78, 5) is 12.5. The first-order chi connectivity index (χ1) is 14.0. The van der Waals surface area contributed by atoms with E-state index in [0.29, 0.717) is 35.4 Å². The molecule has 3 aromatic rings. The summed E-state index contributed by atoms with van der Waals surface area (Å²) in [5.41, 5.74) is 1.60. The maximum atomic E-state index is 11.6. The van der Waals surface area contributed by atoms with Gasteiger partial charge in [0.2, 0.25) is 21.9 Å². The molecule has 1 aromatic carbocycles. The second-order valence-electron chi connectivity index (χ2n) is 6.01. The van der Waals surface area contributed by atoms with Gasteiger partial charge in [0.1, 0.15) is 5.75 Å². The molecule has 2 heterocycles. The fourth-order valence-electron chi connectivity index (χ4n) is 2.38. The zero-order chi connectivity index (χ0) is 20.7. The van der Waals surface area contributed by atoms with Gasteiger partial charge in [0.15, 0.2) is 5.75 Å². The summed E-state index contributed by atoms with van der Waals surface area (Å²) >= 11 is 0. The Hall–Kier alpha value is -3.24. The number of benzene rings is 1. The van der Waals surface area contributed by atoms with Gasteiger partial charge in [0, 0.05) is 18.8 Å². The van der Waals surface area contributed by atoms with Crippen LogP contribution in [-0.2, 0) is 22.3 Å². The Morgan fingerprint density at radius 3 is 2.34 bits per heavy atom. The molecule has 0 atom stereocenters. The fraction of sp³-hybridized carbons (Fsp3) is 0.211. The molecule has 9 nitrogen and oxygen atoms in total. The predicted molar refractivity (Wildman–Crippen MR) is 108 cm³/mol. The summed E-state index contributed by atoms with van der Waals surface area (Å²) in [5.74, 6) is 1.97. The summed E-state index contributed by atoms with van der Waals surface area (Å²) in [6.07, 6.45) is 4.82. The van der Waals surface area contributed by atoms with Crippen LogP contribution in [0.3, 0.4) is 0 Å². The monoisotopic (exact) mass is 415 g/mol. The molecule has 0 aliphatic rings. The lowest BCUT2D eigenvalue weighted by molar-refractivity contribution is 0.411. The average molecular weight is 415 g/mol. The van der Waals surface area contributed by atoms with Crippen LogP contribution in [0.25, 0.3) is 0 Å². The van der Waals surface area contributed by atoms with Crippen molar-refractivity contribution in [3.05, 3.63) is 66.1 Å². The minimum Gasteiger partial charge on any atom is -0.494 e. The molecular formula is C19H21N5O4S. The lowest BCUT2D eigenvalue weighted by Crippen LogP contribution is -2.20. The second-order valence-corrected chi connectivity index (χ2v) is 7.94. The van der Waals surface area contributed by atoms with Crippen LogP contribution in [0.1, 0.15) is 11.1 Å². The smallest absolute Gasteiger partial charge is 0.223 e. The molecule has 29 heavy (non-hydrogen) atoms. The lowest BCUT2D eigenvalue weighted by Gasteiger charge is -2.09. The number of sulfonamides is 1. The second kappa shape index (κ2) is 9.30. The largest absolute Gasteiger partial charge is 0.494 e. The van der Waals surface area contributed by atoms with E-state index in [4.69, 9.17) is 9.47 Å². The number of hydrogen-bond acceptors (Lipinski definition) is 8. The molecule has 0 saturated carbocycles. The Labute approximate surface area is 169 Å². The molecule has 0 spiro atoms. The third-order valence-electron chi connectivity index (χ3n) is 3.93. The highest BCUT2D eigenvalue weighted by Crippen LogP contribution is 2.21. The number of anilines is 1. The van der Waals surface area contributed by atoms with E-state index in [9.17, 15) is 8.42 Å². The van der Waals surface area contributed by atoms with Crippen molar-refractivity contribution in [2.75, 3.05) is 19.5 Å². The van der Waals surface area contributed by atoms with Crippen LogP contribution < -0.4 is 19.5 Å². The van der Waals surface area contributed by atoms with E-state index in [1.807, 2.05) is 6.07 Å². The molecule has 0 aliphatic heterocycles. The quantitative estimate of drug-likeness (QED) is 0.547. The summed E-state index contributed by atoms with van der Waals surface area (Å²) in [7, 11) is -0.363. The van der Waals surface area contributed by atoms with Crippen LogP contribution in [0.2, 0.25) is 0 Å². The molecule has 0 saturated heterocycles. The van der Waals surface area contributed by atoms with E-state index < -0.39 is 10.0 Å². The van der Waals surface area contributed by atoms with E-state index >= 15 is 0 Å². The van der Waals surface area contributed by atoms with E-state index in [-0.39, 0.29) is 5.75 Å². The number of pyridine rings is 1. The van der Waals surface area contributed by atoms with E-state index in [2.05, 4.69) is 25.0 Å². The van der Waals surface area contributed by atoms with E-state index in [1.165, 1.54) is 7.05 Å². The predicted octanol–water partition coefficient (Wildman–Crippen LogP) is 2.33. The van der Waals surface area contributed by atoms with Crippen molar-refractivity contribution in [3.8, 4) is 17.4 Å². The van der Waals surface area contributed by atoms with Gasteiger partial charge in [-0.3, -0.25) is 0 Å². The number of nitrogens with one attached hydrogen (secondary N) is 2. The molecule has 0 fully saturated rings. The van der Waals surface area contributed by atoms with Gasteiger partial charge in [-0.15, -0.1) is 0 Å².